The van der Waals surface area contributed by atoms with Crippen molar-refractivity contribution in [2.45, 2.75) is 155 Å². The summed E-state index contributed by atoms with van der Waals surface area (Å²) in [6.45, 7) is 14.7. The summed E-state index contributed by atoms with van der Waals surface area (Å²) in [4.78, 5) is 88.9. The fraction of sp³-hybridized carbons (Fsp3) is 0.556. The lowest BCUT2D eigenvalue weighted by atomic mass is 9.83. The van der Waals surface area contributed by atoms with Gasteiger partial charge in [0.1, 0.15) is 24.2 Å². The first-order chi connectivity index (χ1) is 32.6. The number of likely N-dealkylation sites (tertiary alicyclic amines) is 1. The molecule has 1 aliphatic carbocycles. The third-order valence-electron chi connectivity index (χ3n) is 14.3. The van der Waals surface area contributed by atoms with Gasteiger partial charge in [-0.05, 0) is 104 Å². The van der Waals surface area contributed by atoms with E-state index >= 15 is 4.79 Å². The Morgan fingerprint density at radius 2 is 1.29 bits per heavy atom. The van der Waals surface area contributed by atoms with Crippen LogP contribution in [0.2, 0.25) is 0 Å². The molecule has 69 heavy (non-hydrogen) atoms. The monoisotopic (exact) mass is 949 g/mol. The second-order valence-electron chi connectivity index (χ2n) is 21.5. The Morgan fingerprint density at radius 3 is 1.88 bits per heavy atom. The van der Waals surface area contributed by atoms with E-state index in [2.05, 4.69) is 44.0 Å². The van der Waals surface area contributed by atoms with E-state index in [0.717, 1.165) is 47.1 Å². The van der Waals surface area contributed by atoms with Gasteiger partial charge in [0.2, 0.25) is 35.4 Å². The lowest BCUT2D eigenvalue weighted by Crippen LogP contribution is -2.62. The van der Waals surface area contributed by atoms with Gasteiger partial charge < -0.3 is 46.8 Å². The third kappa shape index (κ3) is 12.6. The van der Waals surface area contributed by atoms with Crippen LogP contribution in [-0.4, -0.2) is 120 Å². The van der Waals surface area contributed by atoms with Crippen molar-refractivity contribution in [3.05, 3.63) is 106 Å². The highest BCUT2D eigenvalue weighted by atomic mass is 16.3. The van der Waals surface area contributed by atoms with Gasteiger partial charge >= 0.3 is 0 Å². The molecular weight excluding hydrogens is 873 g/mol. The highest BCUT2D eigenvalue weighted by Crippen LogP contribution is 2.38. The molecule has 0 unspecified atom stereocenters. The van der Waals surface area contributed by atoms with Gasteiger partial charge in [-0.1, -0.05) is 114 Å². The number of aryl methyl sites for hydroxylation is 1. The first-order valence-electron chi connectivity index (χ1n) is 24.7. The summed E-state index contributed by atoms with van der Waals surface area (Å²) < 4.78 is 0. The lowest BCUT2D eigenvalue weighted by Gasteiger charge is -2.41. The molecule has 0 bridgehead atoms. The molecule has 2 heterocycles. The van der Waals surface area contributed by atoms with E-state index in [9.17, 15) is 29.1 Å². The van der Waals surface area contributed by atoms with Gasteiger partial charge in [0.25, 0.3) is 0 Å². The number of carbonyl (C=O) groups excluding carboxylic acids is 6. The van der Waals surface area contributed by atoms with E-state index in [4.69, 9.17) is 0 Å². The average molecular weight is 949 g/mol. The molecule has 6 amide bonds. The Hall–Kier alpha value is -5.64. The van der Waals surface area contributed by atoms with Crippen LogP contribution < -0.4 is 31.9 Å². The smallest absolute Gasteiger partial charge is 0.246 e. The van der Waals surface area contributed by atoms with E-state index in [1.807, 2.05) is 102 Å². The fourth-order valence-corrected chi connectivity index (χ4v) is 9.85. The number of carbonyl (C=O) groups is 6. The van der Waals surface area contributed by atoms with Gasteiger partial charge in [-0.25, -0.2) is 0 Å². The second kappa shape index (κ2) is 22.4. The quantitative estimate of drug-likeness (QED) is 0.112. The number of likely N-dealkylation sites (N-methyl/N-ethyl adjacent to an activating group) is 2. The molecule has 7 N–H and O–H groups in total. The summed E-state index contributed by atoms with van der Waals surface area (Å²) in [6.07, 6.45) is 3.51. The first kappa shape index (κ1) is 52.7. The minimum Gasteiger partial charge on any atom is -0.394 e. The van der Waals surface area contributed by atoms with Crippen molar-refractivity contribution in [2.24, 2.45) is 10.8 Å². The molecule has 1 fully saturated rings. The normalized spacial score (nSPS) is 21.4. The number of hydrogen-bond acceptors (Lipinski definition) is 9. The zero-order valence-corrected chi connectivity index (χ0v) is 42.3. The van der Waals surface area contributed by atoms with Crippen LogP contribution in [-0.2, 0) is 54.6 Å². The topological polar surface area (TPSA) is 201 Å². The standard InChI is InChI=1S/C54H76N8O7/c1-32(55-9)47(64)59-45(53(3,4)5)51(68)61-29-38-26-36(23-24-37(38)27-43(61)49(66)57-40(31-63)25-34-17-12-11-13-18-34)39-28-44(50(67)58-42-22-16-20-35-19-14-15-21-41(35)42)62(30-39)52(69)46(54(6,7)8)60-48(65)33(2)56-10/h11-15,17-19,21,23-24,26,32-33,39-40,42-46,55-56,63H,16,20,22,25,27-31H2,1-10H3,(H,57,66)(H,58,67)(H,59,64)(H,60,65)/t32-,33-,39-,40-,42+,43-,44-,45+,46+/m0/s1. The number of hydrogen-bond donors (Lipinski definition) is 7. The molecule has 9 atom stereocenters. The number of fused-ring (bicyclic) bond motifs is 2. The zero-order chi connectivity index (χ0) is 50.4. The molecule has 3 aliphatic rings. The SMILES string of the molecule is CN[C@@H](C)C(=O)N[C@H](C(=O)N1Cc2cc([C@H]3C[C@@H](C(=O)N[C@@H]4CCCc5ccccc54)N(C(=O)[C@@H](NC(=O)[C@H](C)NC)C(C)(C)C)C3)ccc2C[C@H]1C(=O)N[C@H](CO)Cc1ccccc1)C(C)(C)C. The van der Waals surface area contributed by atoms with Crippen LogP contribution in [0, 0.1) is 10.8 Å². The van der Waals surface area contributed by atoms with Gasteiger partial charge in [0, 0.05) is 25.4 Å². The van der Waals surface area contributed by atoms with Crippen molar-refractivity contribution >= 4 is 35.4 Å². The number of aliphatic hydroxyl groups excluding tert-OH is 1. The molecule has 0 saturated carbocycles. The van der Waals surface area contributed by atoms with Gasteiger partial charge in [-0.3, -0.25) is 28.8 Å². The van der Waals surface area contributed by atoms with Gasteiger partial charge in [-0.2, -0.15) is 0 Å². The van der Waals surface area contributed by atoms with Crippen molar-refractivity contribution in [1.82, 2.24) is 41.7 Å². The molecule has 15 heteroatoms. The van der Waals surface area contributed by atoms with Crippen molar-refractivity contribution in [3.8, 4) is 0 Å². The number of amides is 6. The first-order valence-corrected chi connectivity index (χ1v) is 24.7. The summed E-state index contributed by atoms with van der Waals surface area (Å²) in [5.41, 5.74) is 4.32. The predicted octanol–water partition coefficient (Wildman–Crippen LogP) is 3.82. The summed E-state index contributed by atoms with van der Waals surface area (Å²) in [5.74, 6) is -2.40. The van der Waals surface area contributed by atoms with Crippen LogP contribution in [0.3, 0.4) is 0 Å². The van der Waals surface area contributed by atoms with Crippen molar-refractivity contribution in [3.63, 3.8) is 0 Å². The van der Waals surface area contributed by atoms with E-state index < -0.39 is 64.9 Å². The maximum atomic E-state index is 15.0. The Kier molecular flexibility index (Phi) is 17.1. The molecule has 1 saturated heterocycles. The van der Waals surface area contributed by atoms with Gasteiger partial charge in [0.05, 0.1) is 30.8 Å². The predicted molar refractivity (Wildman–Crippen MR) is 267 cm³/mol. The Bertz CT molecular complexity index is 2330. The van der Waals surface area contributed by atoms with Crippen LogP contribution in [0.4, 0.5) is 0 Å². The number of benzene rings is 3. The Labute approximate surface area is 408 Å². The molecular formula is C54H76N8O7. The molecule has 3 aromatic rings. The molecule has 6 rings (SSSR count). The van der Waals surface area contributed by atoms with E-state index in [1.165, 1.54) is 5.56 Å². The second-order valence-corrected chi connectivity index (χ2v) is 21.5. The van der Waals surface area contributed by atoms with Gasteiger partial charge in [0.15, 0.2) is 0 Å². The van der Waals surface area contributed by atoms with Crippen LogP contribution in [0.1, 0.15) is 120 Å². The zero-order valence-electron chi connectivity index (χ0n) is 42.3. The van der Waals surface area contributed by atoms with Crippen LogP contribution in [0.5, 0.6) is 0 Å². The highest BCUT2D eigenvalue weighted by Gasteiger charge is 2.47. The van der Waals surface area contributed by atoms with Crippen LogP contribution in [0.25, 0.3) is 0 Å². The third-order valence-corrected chi connectivity index (χ3v) is 14.3. The van der Waals surface area contributed by atoms with Crippen LogP contribution in [0.15, 0.2) is 72.8 Å². The van der Waals surface area contributed by atoms with Crippen molar-refractivity contribution in [2.75, 3.05) is 27.2 Å². The minimum atomic E-state index is -0.990. The Balaban J connectivity index is 1.34. The summed E-state index contributed by atoms with van der Waals surface area (Å²) in [5, 5.41) is 28.6. The van der Waals surface area contributed by atoms with E-state index in [-0.39, 0.29) is 61.7 Å². The van der Waals surface area contributed by atoms with Gasteiger partial charge in [-0.15, -0.1) is 0 Å². The summed E-state index contributed by atoms with van der Waals surface area (Å²) in [6, 6.07) is 18.0. The number of nitrogens with one attached hydrogen (secondary N) is 6. The average Bonchev–Trinajstić information content (AvgIpc) is 3.78. The van der Waals surface area contributed by atoms with E-state index in [0.29, 0.717) is 12.8 Å². The molecule has 0 aromatic heterocycles. The molecule has 374 valence electrons. The minimum absolute atomic E-state index is 0.0503. The maximum Gasteiger partial charge on any atom is 0.246 e. The fourth-order valence-electron chi connectivity index (χ4n) is 9.85. The van der Waals surface area contributed by atoms with Crippen molar-refractivity contribution in [1.29, 1.82) is 0 Å². The van der Waals surface area contributed by atoms with Crippen molar-refractivity contribution < 1.29 is 33.9 Å². The summed E-state index contributed by atoms with van der Waals surface area (Å²) in [7, 11) is 3.35. The molecule has 15 nitrogen and oxygen atoms in total. The highest BCUT2D eigenvalue weighted by molar-refractivity contribution is 5.95. The molecule has 2 aliphatic heterocycles. The maximum absolute atomic E-state index is 15.0. The summed E-state index contributed by atoms with van der Waals surface area (Å²) >= 11 is 0. The molecule has 0 spiro atoms. The lowest BCUT2D eigenvalue weighted by molar-refractivity contribution is -0.147. The largest absolute Gasteiger partial charge is 0.394 e. The number of rotatable bonds is 16. The number of nitrogens with zero attached hydrogens (tertiary/aromatic N) is 2. The molecule has 0 radical (unpaired) electrons. The Morgan fingerprint density at radius 1 is 0.696 bits per heavy atom. The van der Waals surface area contributed by atoms with Crippen LogP contribution >= 0.6 is 0 Å². The molecule has 3 aromatic carbocycles. The number of aliphatic hydroxyl groups is 1. The van der Waals surface area contributed by atoms with E-state index in [1.54, 1.807) is 37.7 Å².